The van der Waals surface area contributed by atoms with Gasteiger partial charge in [-0.2, -0.15) is 0 Å². The molecule has 2 N–H and O–H groups in total. The molecule has 3 unspecified atom stereocenters. The maximum absolute atomic E-state index is 11.1. The van der Waals surface area contributed by atoms with Crippen LogP contribution in [0, 0.1) is 11.8 Å². The van der Waals surface area contributed by atoms with Crippen molar-refractivity contribution in [1.82, 2.24) is 10.6 Å². The molecule has 0 aromatic carbocycles. The van der Waals surface area contributed by atoms with Gasteiger partial charge in [0, 0.05) is 25.0 Å². The van der Waals surface area contributed by atoms with Crippen molar-refractivity contribution < 1.29 is 4.79 Å². The molecule has 1 aliphatic heterocycles. The van der Waals surface area contributed by atoms with E-state index in [1.54, 1.807) is 0 Å². The number of carbonyl (C=O) groups is 1. The summed E-state index contributed by atoms with van der Waals surface area (Å²) in [4.78, 5) is 11.1. The van der Waals surface area contributed by atoms with Crippen LogP contribution in [-0.4, -0.2) is 24.5 Å². The van der Waals surface area contributed by atoms with E-state index in [9.17, 15) is 4.79 Å². The predicted molar refractivity (Wildman–Crippen MR) is 65.1 cm³/mol. The van der Waals surface area contributed by atoms with Gasteiger partial charge < -0.3 is 10.6 Å². The van der Waals surface area contributed by atoms with Gasteiger partial charge in [-0.15, -0.1) is 0 Å². The van der Waals surface area contributed by atoms with Crippen LogP contribution >= 0.6 is 0 Å². The van der Waals surface area contributed by atoms with Crippen LogP contribution in [0.2, 0.25) is 0 Å². The summed E-state index contributed by atoms with van der Waals surface area (Å²) in [5.74, 6) is 1.90. The highest BCUT2D eigenvalue weighted by Crippen LogP contribution is 2.28. The van der Waals surface area contributed by atoms with Crippen molar-refractivity contribution in [1.29, 1.82) is 0 Å². The van der Waals surface area contributed by atoms with Crippen molar-refractivity contribution in [3.8, 4) is 0 Å². The van der Waals surface area contributed by atoms with Gasteiger partial charge in [0.15, 0.2) is 0 Å². The van der Waals surface area contributed by atoms with Gasteiger partial charge in [0.25, 0.3) is 0 Å². The smallest absolute Gasteiger partial charge is 0.220 e. The average molecular weight is 224 g/mol. The van der Waals surface area contributed by atoms with Crippen LogP contribution in [0.4, 0.5) is 0 Å². The summed E-state index contributed by atoms with van der Waals surface area (Å²) in [5.41, 5.74) is 0. The first kappa shape index (κ1) is 11.9. The molecule has 3 heteroatoms. The number of nitrogens with one attached hydrogen (secondary N) is 2. The van der Waals surface area contributed by atoms with Gasteiger partial charge in [-0.25, -0.2) is 0 Å². The van der Waals surface area contributed by atoms with Crippen LogP contribution in [0.1, 0.15) is 46.0 Å². The molecule has 16 heavy (non-hydrogen) atoms. The fourth-order valence-corrected chi connectivity index (χ4v) is 3.29. The minimum atomic E-state index is 0.212. The highest BCUT2D eigenvalue weighted by molar-refractivity contribution is 5.76. The zero-order chi connectivity index (χ0) is 11.5. The fraction of sp³-hybridized carbons (Fsp3) is 0.923. The monoisotopic (exact) mass is 224 g/mol. The Morgan fingerprint density at radius 1 is 1.12 bits per heavy atom. The number of carbonyl (C=O) groups excluding carboxylic acids is 1. The van der Waals surface area contributed by atoms with E-state index in [0.717, 1.165) is 24.8 Å². The Balaban J connectivity index is 1.78. The molecule has 0 aromatic rings. The Hall–Kier alpha value is -0.570. The highest BCUT2D eigenvalue weighted by Gasteiger charge is 2.27. The Labute approximate surface area is 98.4 Å². The van der Waals surface area contributed by atoms with Crippen molar-refractivity contribution in [2.45, 2.75) is 58.0 Å². The largest absolute Gasteiger partial charge is 0.355 e. The molecule has 1 aliphatic carbocycles. The molecule has 2 rings (SSSR count). The molecular formula is C13H24N2O. The van der Waals surface area contributed by atoms with Gasteiger partial charge >= 0.3 is 0 Å². The lowest BCUT2D eigenvalue weighted by molar-refractivity contribution is -0.122. The average Bonchev–Trinajstić information content (AvgIpc) is 2.20. The topological polar surface area (TPSA) is 41.1 Å². The molecule has 3 nitrogen and oxygen atoms in total. The summed E-state index contributed by atoms with van der Waals surface area (Å²) in [6.45, 7) is 5.53. The van der Waals surface area contributed by atoms with Crippen molar-refractivity contribution >= 4 is 5.91 Å². The van der Waals surface area contributed by atoms with Gasteiger partial charge in [0.1, 0.15) is 0 Å². The Kier molecular flexibility index (Phi) is 3.85. The summed E-state index contributed by atoms with van der Waals surface area (Å²) < 4.78 is 0. The summed E-state index contributed by atoms with van der Waals surface area (Å²) >= 11 is 0. The molecule has 0 radical (unpaired) electrons. The predicted octanol–water partition coefficient (Wildman–Crippen LogP) is 1.68. The number of hydrogen-bond donors (Lipinski definition) is 2. The second kappa shape index (κ2) is 5.17. The van der Waals surface area contributed by atoms with E-state index in [2.05, 4.69) is 24.5 Å². The fourth-order valence-electron chi connectivity index (χ4n) is 3.29. The number of amides is 1. The zero-order valence-electron chi connectivity index (χ0n) is 10.5. The van der Waals surface area contributed by atoms with E-state index in [0.29, 0.717) is 18.5 Å². The summed E-state index contributed by atoms with van der Waals surface area (Å²) in [7, 11) is 0. The van der Waals surface area contributed by atoms with Crippen LogP contribution in [0.5, 0.6) is 0 Å². The minimum Gasteiger partial charge on any atom is -0.355 e. The van der Waals surface area contributed by atoms with Crippen molar-refractivity contribution in [3.63, 3.8) is 0 Å². The maximum atomic E-state index is 11.1. The van der Waals surface area contributed by atoms with E-state index in [1.807, 2.05) is 0 Å². The zero-order valence-corrected chi connectivity index (χ0v) is 10.5. The van der Waals surface area contributed by atoms with Gasteiger partial charge in [-0.3, -0.25) is 4.79 Å². The first-order valence-electron chi connectivity index (χ1n) is 6.66. The molecule has 0 bridgehead atoms. The highest BCUT2D eigenvalue weighted by atomic mass is 16.1. The second-order valence-electron chi connectivity index (χ2n) is 5.82. The lowest BCUT2D eigenvalue weighted by atomic mass is 9.80. The molecule has 92 valence electrons. The standard InChI is InChI=1S/C13H24N2O/c1-9-5-10(2)7-12(6-9)15-11-3-4-13(16)14-8-11/h9-12,15H,3-8H2,1-2H3,(H,14,16). The van der Waals surface area contributed by atoms with E-state index in [4.69, 9.17) is 0 Å². The second-order valence-corrected chi connectivity index (χ2v) is 5.82. The van der Waals surface area contributed by atoms with Crippen LogP contribution < -0.4 is 10.6 Å². The molecule has 2 fully saturated rings. The first-order chi connectivity index (χ1) is 7.63. The summed E-state index contributed by atoms with van der Waals surface area (Å²) in [5, 5.41) is 6.67. The molecular weight excluding hydrogens is 200 g/mol. The van der Waals surface area contributed by atoms with Crippen molar-refractivity contribution in [2.24, 2.45) is 11.8 Å². The van der Waals surface area contributed by atoms with E-state index in [1.165, 1.54) is 19.3 Å². The molecule has 2 aliphatic rings. The normalized spacial score (nSPS) is 40.5. The van der Waals surface area contributed by atoms with Gasteiger partial charge in [-0.05, 0) is 37.5 Å². The molecule has 1 saturated heterocycles. The van der Waals surface area contributed by atoms with E-state index < -0.39 is 0 Å². The molecule has 0 aromatic heterocycles. The third-order valence-electron chi connectivity index (χ3n) is 3.92. The Morgan fingerprint density at radius 2 is 1.81 bits per heavy atom. The van der Waals surface area contributed by atoms with E-state index >= 15 is 0 Å². The van der Waals surface area contributed by atoms with Crippen LogP contribution in [0.25, 0.3) is 0 Å². The number of rotatable bonds is 2. The Bertz CT molecular complexity index is 234. The molecule has 1 amide bonds. The van der Waals surface area contributed by atoms with Gasteiger partial charge in [-0.1, -0.05) is 13.8 Å². The lowest BCUT2D eigenvalue weighted by Gasteiger charge is -2.35. The number of hydrogen-bond acceptors (Lipinski definition) is 2. The van der Waals surface area contributed by atoms with Crippen molar-refractivity contribution in [2.75, 3.05) is 6.54 Å². The minimum absolute atomic E-state index is 0.212. The van der Waals surface area contributed by atoms with Crippen molar-refractivity contribution in [3.05, 3.63) is 0 Å². The summed E-state index contributed by atoms with van der Waals surface area (Å²) in [6.07, 6.45) is 5.67. The van der Waals surface area contributed by atoms with Gasteiger partial charge in [0.05, 0.1) is 0 Å². The van der Waals surface area contributed by atoms with Crippen LogP contribution in [-0.2, 0) is 4.79 Å². The van der Waals surface area contributed by atoms with Crippen LogP contribution in [0.3, 0.4) is 0 Å². The third kappa shape index (κ3) is 3.21. The quantitative estimate of drug-likeness (QED) is 0.749. The first-order valence-corrected chi connectivity index (χ1v) is 6.66. The SMILES string of the molecule is CC1CC(C)CC(NC2CCC(=O)NC2)C1. The maximum Gasteiger partial charge on any atom is 0.220 e. The lowest BCUT2D eigenvalue weighted by Crippen LogP contribution is -2.50. The molecule has 0 spiro atoms. The Morgan fingerprint density at radius 3 is 2.38 bits per heavy atom. The number of piperidine rings is 1. The van der Waals surface area contributed by atoms with Gasteiger partial charge in [0.2, 0.25) is 5.91 Å². The molecule has 1 saturated carbocycles. The van der Waals surface area contributed by atoms with Crippen LogP contribution in [0.15, 0.2) is 0 Å². The third-order valence-corrected chi connectivity index (χ3v) is 3.92. The van der Waals surface area contributed by atoms with E-state index in [-0.39, 0.29) is 5.91 Å². The molecule has 3 atom stereocenters. The molecule has 1 heterocycles. The summed E-state index contributed by atoms with van der Waals surface area (Å²) in [6, 6.07) is 1.17.